The Morgan fingerprint density at radius 3 is 2.39 bits per heavy atom. The Kier molecular flexibility index (Phi) is 6.25. The topological polar surface area (TPSA) is 90.4 Å². The van der Waals surface area contributed by atoms with E-state index in [9.17, 15) is 30.0 Å². The lowest BCUT2D eigenvalue weighted by molar-refractivity contribution is -0.00261. The van der Waals surface area contributed by atoms with Gasteiger partial charge in [-0.15, -0.1) is 0 Å². The molecule has 6 nitrogen and oxygen atoms in total. The first-order chi connectivity index (χ1) is 14.2. The number of benzene rings is 1. The van der Waals surface area contributed by atoms with E-state index in [4.69, 9.17) is 4.74 Å². The van der Waals surface area contributed by atoms with Gasteiger partial charge in [-0.05, 0) is 56.5 Å². The molecule has 0 bridgehead atoms. The molecule has 0 radical (unpaired) electrons. The molecule has 1 aromatic heterocycles. The van der Waals surface area contributed by atoms with Gasteiger partial charge in [0.25, 0.3) is 6.43 Å². The first-order valence-electron chi connectivity index (χ1n) is 9.36. The summed E-state index contributed by atoms with van der Waals surface area (Å²) in [7, 11) is -7.67. The summed E-state index contributed by atoms with van der Waals surface area (Å²) >= 11 is 0. The molecule has 170 valence electrons. The molecule has 31 heavy (non-hydrogen) atoms. The molecule has 1 aromatic carbocycles. The monoisotopic (exact) mass is 477 g/mol. The van der Waals surface area contributed by atoms with Crippen molar-refractivity contribution in [3.8, 4) is 0 Å². The van der Waals surface area contributed by atoms with Gasteiger partial charge in [0.2, 0.25) is 0 Å². The van der Waals surface area contributed by atoms with Gasteiger partial charge in [0, 0.05) is 24.6 Å². The number of nitrogens with zero attached hydrogens (tertiary/aromatic N) is 1. The van der Waals surface area contributed by atoms with E-state index in [1.165, 1.54) is 19.2 Å². The molecule has 0 N–H and O–H groups in total. The minimum absolute atomic E-state index is 0.0271. The second-order valence-corrected chi connectivity index (χ2v) is 12.4. The normalized spacial score (nSPS) is 22.6. The van der Waals surface area contributed by atoms with Crippen molar-refractivity contribution in [1.29, 1.82) is 0 Å². The van der Waals surface area contributed by atoms with Crippen LogP contribution in [0.5, 0.6) is 0 Å². The van der Waals surface area contributed by atoms with E-state index in [-0.39, 0.29) is 24.3 Å². The molecular formula is C20H22F3NO5S2. The van der Waals surface area contributed by atoms with E-state index in [0.717, 1.165) is 18.4 Å². The van der Waals surface area contributed by atoms with Gasteiger partial charge in [-0.25, -0.2) is 30.0 Å². The van der Waals surface area contributed by atoms with E-state index in [2.05, 4.69) is 4.98 Å². The predicted molar refractivity (Wildman–Crippen MR) is 107 cm³/mol. The van der Waals surface area contributed by atoms with Gasteiger partial charge >= 0.3 is 0 Å². The summed E-state index contributed by atoms with van der Waals surface area (Å²) in [4.78, 5) is 3.70. The molecule has 0 saturated carbocycles. The standard InChI is InChI=1S/C20H22F3NO5S2/c1-12-6-16(30(3,25)26)11-24-18(12)17-10-20(2,4-5-29-17)31(27,28)15-8-13(19(22)23)7-14(21)9-15/h6-9,11,17,19H,4-5,10H2,1-3H3. The number of rotatable bonds is 5. The van der Waals surface area contributed by atoms with Gasteiger partial charge in [0.05, 0.1) is 20.2 Å². The van der Waals surface area contributed by atoms with Crippen LogP contribution in [-0.4, -0.2) is 39.4 Å². The van der Waals surface area contributed by atoms with E-state index in [0.29, 0.717) is 17.3 Å². The molecule has 2 atom stereocenters. The van der Waals surface area contributed by atoms with Crippen molar-refractivity contribution in [3.63, 3.8) is 0 Å². The van der Waals surface area contributed by atoms with E-state index < -0.39 is 53.2 Å². The summed E-state index contributed by atoms with van der Waals surface area (Å²) in [6, 6.07) is 3.57. The SMILES string of the molecule is Cc1cc(S(C)(=O)=O)cnc1C1CC(C)(S(=O)(=O)c2cc(F)cc(C(F)F)c2)CCO1. The maximum atomic E-state index is 13.9. The average Bonchev–Trinajstić information content (AvgIpc) is 2.66. The fraction of sp³-hybridized carbons (Fsp3) is 0.450. The highest BCUT2D eigenvalue weighted by molar-refractivity contribution is 7.92. The van der Waals surface area contributed by atoms with Crippen LogP contribution in [0, 0.1) is 12.7 Å². The number of pyridine rings is 1. The Morgan fingerprint density at radius 1 is 1.13 bits per heavy atom. The Morgan fingerprint density at radius 2 is 1.81 bits per heavy atom. The molecule has 2 aromatic rings. The number of hydrogen-bond acceptors (Lipinski definition) is 6. The predicted octanol–water partition coefficient (Wildman–Crippen LogP) is 3.95. The van der Waals surface area contributed by atoms with Gasteiger partial charge in [-0.2, -0.15) is 0 Å². The summed E-state index contributed by atoms with van der Waals surface area (Å²) in [5.41, 5.74) is 0.195. The second-order valence-electron chi connectivity index (χ2n) is 7.93. The minimum Gasteiger partial charge on any atom is -0.372 e. The first kappa shape index (κ1) is 23.7. The van der Waals surface area contributed by atoms with Crippen molar-refractivity contribution in [2.24, 2.45) is 0 Å². The highest BCUT2D eigenvalue weighted by Crippen LogP contribution is 2.42. The van der Waals surface area contributed by atoms with Gasteiger partial charge in [-0.3, -0.25) is 4.98 Å². The number of ether oxygens (including phenoxy) is 1. The molecule has 0 amide bonds. The van der Waals surface area contributed by atoms with Crippen LogP contribution in [0.1, 0.15) is 49.1 Å². The lowest BCUT2D eigenvalue weighted by atomic mass is 9.93. The number of aromatic nitrogens is 1. The van der Waals surface area contributed by atoms with E-state index >= 15 is 0 Å². The highest BCUT2D eigenvalue weighted by atomic mass is 32.2. The van der Waals surface area contributed by atoms with Crippen LogP contribution in [0.3, 0.4) is 0 Å². The zero-order valence-electron chi connectivity index (χ0n) is 17.1. The summed E-state index contributed by atoms with van der Waals surface area (Å²) < 4.78 is 94.4. The Hall–Kier alpha value is -1.98. The van der Waals surface area contributed by atoms with Crippen LogP contribution in [0.15, 0.2) is 40.3 Å². The van der Waals surface area contributed by atoms with Crippen molar-refractivity contribution in [2.75, 3.05) is 12.9 Å². The molecule has 1 fully saturated rings. The fourth-order valence-electron chi connectivity index (χ4n) is 3.64. The number of alkyl halides is 2. The van der Waals surface area contributed by atoms with Crippen molar-refractivity contribution < 1.29 is 34.7 Å². The molecular weight excluding hydrogens is 455 g/mol. The quantitative estimate of drug-likeness (QED) is 0.648. The minimum atomic E-state index is -4.20. The Balaban J connectivity index is 1.98. The van der Waals surface area contributed by atoms with Crippen LogP contribution in [0.4, 0.5) is 13.2 Å². The van der Waals surface area contributed by atoms with Crippen LogP contribution < -0.4 is 0 Å². The zero-order chi connectivity index (χ0) is 23.2. The summed E-state index contributed by atoms with van der Waals surface area (Å²) in [5.74, 6) is -1.06. The van der Waals surface area contributed by atoms with E-state index in [1.807, 2.05) is 0 Å². The largest absolute Gasteiger partial charge is 0.372 e. The summed E-state index contributed by atoms with van der Waals surface area (Å²) in [6.07, 6.45) is -1.51. The number of hydrogen-bond donors (Lipinski definition) is 0. The molecule has 2 unspecified atom stereocenters. The Labute approximate surface area is 179 Å². The highest BCUT2D eigenvalue weighted by Gasteiger charge is 2.46. The van der Waals surface area contributed by atoms with Crippen molar-refractivity contribution in [2.45, 2.75) is 53.8 Å². The van der Waals surface area contributed by atoms with Crippen LogP contribution in [0.2, 0.25) is 0 Å². The smallest absolute Gasteiger partial charge is 0.263 e. The average molecular weight is 478 g/mol. The molecule has 11 heteroatoms. The summed E-state index contributed by atoms with van der Waals surface area (Å²) in [6.45, 7) is 3.15. The molecule has 0 spiro atoms. The third-order valence-electron chi connectivity index (χ3n) is 5.50. The molecule has 1 saturated heterocycles. The van der Waals surface area contributed by atoms with Crippen LogP contribution >= 0.6 is 0 Å². The fourth-order valence-corrected chi connectivity index (χ4v) is 6.13. The van der Waals surface area contributed by atoms with Gasteiger partial charge in [-0.1, -0.05) is 0 Å². The van der Waals surface area contributed by atoms with Crippen LogP contribution in [-0.2, 0) is 24.4 Å². The molecule has 2 heterocycles. The first-order valence-corrected chi connectivity index (χ1v) is 12.7. The van der Waals surface area contributed by atoms with Crippen molar-refractivity contribution >= 4 is 19.7 Å². The van der Waals surface area contributed by atoms with Gasteiger partial charge < -0.3 is 4.74 Å². The zero-order valence-corrected chi connectivity index (χ0v) is 18.7. The second kappa shape index (κ2) is 8.18. The molecule has 1 aliphatic rings. The third kappa shape index (κ3) is 4.63. The molecule has 1 aliphatic heterocycles. The Bertz CT molecular complexity index is 1220. The third-order valence-corrected chi connectivity index (χ3v) is 9.10. The lowest BCUT2D eigenvalue weighted by Gasteiger charge is -2.37. The lowest BCUT2D eigenvalue weighted by Crippen LogP contribution is -2.42. The number of sulfone groups is 2. The van der Waals surface area contributed by atoms with Gasteiger partial charge in [0.15, 0.2) is 19.7 Å². The number of aryl methyl sites for hydroxylation is 1. The maximum Gasteiger partial charge on any atom is 0.263 e. The summed E-state index contributed by atoms with van der Waals surface area (Å²) in [5, 5.41) is 0. The molecule has 0 aliphatic carbocycles. The number of halogens is 3. The van der Waals surface area contributed by atoms with Crippen LogP contribution in [0.25, 0.3) is 0 Å². The van der Waals surface area contributed by atoms with Crippen molar-refractivity contribution in [1.82, 2.24) is 4.98 Å². The molecule has 3 rings (SSSR count). The maximum absolute atomic E-state index is 13.9. The van der Waals surface area contributed by atoms with Gasteiger partial charge in [0.1, 0.15) is 11.9 Å². The van der Waals surface area contributed by atoms with Crippen molar-refractivity contribution in [3.05, 3.63) is 53.1 Å². The van der Waals surface area contributed by atoms with E-state index in [1.54, 1.807) is 6.92 Å².